The molecule has 0 aliphatic carbocycles. The number of carboxylic acid groups (broad SMARTS) is 1. The van der Waals surface area contributed by atoms with E-state index < -0.39 is 36.7 Å². The second-order valence-corrected chi connectivity index (χ2v) is 6.53. The molecule has 28 heavy (non-hydrogen) atoms. The van der Waals surface area contributed by atoms with Crippen LogP contribution in [0.3, 0.4) is 0 Å². The fraction of sp³-hybridized carbons (Fsp3) is 0.444. The maximum atomic E-state index is 11.7. The number of ether oxygens (including phenoxy) is 2. The number of aliphatic carboxylic acids is 1. The van der Waals surface area contributed by atoms with Crippen LogP contribution in [0.25, 0.3) is 0 Å². The number of hydrogen-bond donors (Lipinski definition) is 6. The fourth-order valence-corrected chi connectivity index (χ4v) is 2.49. The van der Waals surface area contributed by atoms with E-state index in [9.17, 15) is 24.9 Å². The Morgan fingerprint density at radius 1 is 1.11 bits per heavy atom. The summed E-state index contributed by atoms with van der Waals surface area (Å²) in [4.78, 5) is 22.3. The molecule has 1 aromatic rings. The zero-order valence-corrected chi connectivity index (χ0v) is 15.4. The number of aliphatic hydroxyl groups is 3. The zero-order valence-electron chi connectivity index (χ0n) is 15.4. The molecule has 5 atom stereocenters. The molecule has 0 saturated carbocycles. The van der Waals surface area contributed by atoms with Crippen LogP contribution < -0.4 is 15.4 Å². The van der Waals surface area contributed by atoms with Gasteiger partial charge in [0.15, 0.2) is 0 Å². The third-order valence-electron chi connectivity index (χ3n) is 3.82. The molecule has 0 unspecified atom stereocenters. The van der Waals surface area contributed by atoms with E-state index in [1.165, 1.54) is 12.1 Å². The topological polar surface area (TPSA) is 158 Å². The van der Waals surface area contributed by atoms with Crippen LogP contribution >= 0.6 is 0 Å². The van der Waals surface area contributed by atoms with E-state index in [0.29, 0.717) is 5.69 Å². The van der Waals surface area contributed by atoms with Crippen molar-refractivity contribution in [2.24, 2.45) is 0 Å². The quantitative estimate of drug-likeness (QED) is 0.368. The molecule has 1 aliphatic rings. The summed E-state index contributed by atoms with van der Waals surface area (Å²) < 4.78 is 10.9. The maximum absolute atomic E-state index is 11.7. The number of nitrogens with one attached hydrogen (secondary N) is 2. The standard InChI is InChI=1S/C18H24N2O8/c1-9(2)19-18(26)20-10-3-5-11(6-4-10)27-17-16(25)15(24)14(23)12(28-17)7-8-13(21)22/h3-9,12,14-17,23-25H,1-2H3,(H,21,22)(H2,19,20,26)/b8-7+/t12-,14-,15+,16+,17+/m1/s1. The van der Waals surface area contributed by atoms with Gasteiger partial charge in [-0.3, -0.25) is 0 Å². The normalized spacial score (nSPS) is 27.6. The molecule has 0 bridgehead atoms. The van der Waals surface area contributed by atoms with Gasteiger partial charge in [-0.25, -0.2) is 9.59 Å². The fourth-order valence-electron chi connectivity index (χ4n) is 2.49. The molecule has 2 rings (SSSR count). The Bertz CT molecular complexity index is 706. The van der Waals surface area contributed by atoms with Gasteiger partial charge in [0.25, 0.3) is 0 Å². The number of benzene rings is 1. The molecule has 6 N–H and O–H groups in total. The predicted molar refractivity (Wildman–Crippen MR) is 97.8 cm³/mol. The minimum absolute atomic E-state index is 0.0163. The molecule has 0 spiro atoms. The first-order valence-electron chi connectivity index (χ1n) is 8.62. The molecule has 1 saturated heterocycles. The molecular weight excluding hydrogens is 372 g/mol. The van der Waals surface area contributed by atoms with Crippen molar-refractivity contribution in [1.82, 2.24) is 5.32 Å². The number of hydrogen-bond acceptors (Lipinski definition) is 7. The number of urea groups is 1. The van der Waals surface area contributed by atoms with Crippen molar-refractivity contribution in [3.8, 4) is 5.75 Å². The van der Waals surface area contributed by atoms with Crippen LogP contribution in [0.4, 0.5) is 10.5 Å². The smallest absolute Gasteiger partial charge is 0.328 e. The highest BCUT2D eigenvalue weighted by Crippen LogP contribution is 2.25. The number of amides is 2. The second kappa shape index (κ2) is 9.51. The molecule has 1 fully saturated rings. The summed E-state index contributed by atoms with van der Waals surface area (Å²) in [5.41, 5.74) is 0.508. The van der Waals surface area contributed by atoms with Gasteiger partial charge in [0, 0.05) is 17.8 Å². The highest BCUT2D eigenvalue weighted by molar-refractivity contribution is 5.89. The van der Waals surface area contributed by atoms with Gasteiger partial charge in [-0.2, -0.15) is 0 Å². The summed E-state index contributed by atoms with van der Waals surface area (Å²) in [7, 11) is 0. The lowest BCUT2D eigenvalue weighted by atomic mass is 9.98. The molecule has 154 valence electrons. The van der Waals surface area contributed by atoms with Gasteiger partial charge in [0.05, 0.1) is 0 Å². The summed E-state index contributed by atoms with van der Waals surface area (Å²) in [6.07, 6.45) is -5.37. The van der Waals surface area contributed by atoms with Crippen LogP contribution in [0.5, 0.6) is 5.75 Å². The molecule has 0 aromatic heterocycles. The second-order valence-electron chi connectivity index (χ2n) is 6.53. The van der Waals surface area contributed by atoms with Crippen molar-refractivity contribution in [2.75, 3.05) is 5.32 Å². The van der Waals surface area contributed by atoms with Crippen molar-refractivity contribution in [3.63, 3.8) is 0 Å². The average molecular weight is 396 g/mol. The number of rotatable bonds is 6. The molecule has 10 nitrogen and oxygen atoms in total. The van der Waals surface area contributed by atoms with E-state index in [1.54, 1.807) is 12.1 Å². The summed E-state index contributed by atoms with van der Waals surface area (Å²) >= 11 is 0. The number of carboxylic acids is 1. The van der Waals surface area contributed by atoms with E-state index in [0.717, 1.165) is 12.2 Å². The lowest BCUT2D eigenvalue weighted by Gasteiger charge is -2.39. The van der Waals surface area contributed by atoms with Crippen molar-refractivity contribution in [1.29, 1.82) is 0 Å². The lowest BCUT2D eigenvalue weighted by Crippen LogP contribution is -2.58. The zero-order chi connectivity index (χ0) is 20.8. The summed E-state index contributed by atoms with van der Waals surface area (Å²) in [6, 6.07) is 5.79. The van der Waals surface area contributed by atoms with Gasteiger partial charge in [-0.1, -0.05) is 0 Å². The van der Waals surface area contributed by atoms with Crippen molar-refractivity contribution in [2.45, 2.75) is 50.6 Å². The van der Waals surface area contributed by atoms with Crippen molar-refractivity contribution < 1.29 is 39.5 Å². The third kappa shape index (κ3) is 5.92. The first kappa shape index (κ1) is 21.6. The molecule has 0 radical (unpaired) electrons. The summed E-state index contributed by atoms with van der Waals surface area (Å²) in [5.74, 6) is -0.984. The van der Waals surface area contributed by atoms with Crippen molar-refractivity contribution in [3.05, 3.63) is 36.4 Å². The predicted octanol–water partition coefficient (Wildman–Crippen LogP) is 0.0437. The highest BCUT2D eigenvalue weighted by atomic mass is 16.7. The van der Waals surface area contributed by atoms with Crippen LogP contribution in [-0.4, -0.2) is 69.2 Å². The minimum Gasteiger partial charge on any atom is -0.478 e. The van der Waals surface area contributed by atoms with Gasteiger partial charge >= 0.3 is 12.0 Å². The number of aliphatic hydroxyl groups excluding tert-OH is 3. The molecule has 1 aromatic carbocycles. The van der Waals surface area contributed by atoms with Crippen LogP contribution in [-0.2, 0) is 9.53 Å². The lowest BCUT2D eigenvalue weighted by molar-refractivity contribution is -0.261. The number of anilines is 1. The Morgan fingerprint density at radius 2 is 1.75 bits per heavy atom. The van der Waals surface area contributed by atoms with Crippen LogP contribution in [0.1, 0.15) is 13.8 Å². The SMILES string of the molecule is CC(C)NC(=O)Nc1ccc(O[C@H]2O[C@H](/C=C/C(=O)O)[C@@H](O)[C@H](O)[C@@H]2O)cc1. The van der Waals surface area contributed by atoms with E-state index in [4.69, 9.17) is 14.6 Å². The molecule has 1 heterocycles. The Morgan fingerprint density at radius 3 is 2.32 bits per heavy atom. The maximum Gasteiger partial charge on any atom is 0.328 e. The molecule has 2 amide bonds. The Balaban J connectivity index is 2.02. The Kier molecular flexibility index (Phi) is 7.35. The molecule has 10 heteroatoms. The van der Waals surface area contributed by atoms with Gasteiger partial charge in [0.1, 0.15) is 30.2 Å². The number of carbonyl (C=O) groups excluding carboxylic acids is 1. The largest absolute Gasteiger partial charge is 0.478 e. The van der Waals surface area contributed by atoms with Gasteiger partial charge in [0.2, 0.25) is 6.29 Å². The van der Waals surface area contributed by atoms with Crippen molar-refractivity contribution >= 4 is 17.7 Å². The first-order valence-corrected chi connectivity index (χ1v) is 8.62. The van der Waals surface area contributed by atoms with Crippen LogP contribution in [0.15, 0.2) is 36.4 Å². The van der Waals surface area contributed by atoms with E-state index >= 15 is 0 Å². The summed E-state index contributed by atoms with van der Waals surface area (Å²) in [6.45, 7) is 3.66. The van der Waals surface area contributed by atoms with Gasteiger partial charge in [-0.05, 0) is 44.2 Å². The first-order chi connectivity index (χ1) is 13.2. The Labute approximate surface area is 161 Å². The average Bonchev–Trinajstić information content (AvgIpc) is 2.62. The minimum atomic E-state index is -1.59. The van der Waals surface area contributed by atoms with Gasteiger partial charge < -0.3 is 40.5 Å². The molecular formula is C18H24N2O8. The number of carbonyl (C=O) groups is 2. The van der Waals surface area contributed by atoms with Crippen LogP contribution in [0, 0.1) is 0 Å². The molecule has 1 aliphatic heterocycles. The van der Waals surface area contributed by atoms with E-state index in [-0.39, 0.29) is 17.8 Å². The monoisotopic (exact) mass is 396 g/mol. The highest BCUT2D eigenvalue weighted by Gasteiger charge is 2.44. The van der Waals surface area contributed by atoms with E-state index in [1.807, 2.05) is 13.8 Å². The Hall–Kier alpha value is -2.66. The van der Waals surface area contributed by atoms with Crippen LogP contribution in [0.2, 0.25) is 0 Å². The van der Waals surface area contributed by atoms with Gasteiger partial charge in [-0.15, -0.1) is 0 Å². The third-order valence-corrected chi connectivity index (χ3v) is 3.82. The van der Waals surface area contributed by atoms with E-state index in [2.05, 4.69) is 10.6 Å². The summed E-state index contributed by atoms with van der Waals surface area (Å²) in [5, 5.41) is 43.9.